The minimum absolute atomic E-state index is 0.179. The average molecular weight is 295 g/mol. The summed E-state index contributed by atoms with van der Waals surface area (Å²) >= 11 is 0. The summed E-state index contributed by atoms with van der Waals surface area (Å²) in [4.78, 5) is 16.7. The molecular formula is C14H21N3O2S. The molecule has 1 aromatic carbocycles. The van der Waals surface area contributed by atoms with Gasteiger partial charge in [-0.1, -0.05) is 6.07 Å². The predicted molar refractivity (Wildman–Crippen MR) is 83.5 cm³/mol. The highest BCUT2D eigenvalue weighted by Crippen LogP contribution is 2.17. The second-order valence-corrected chi connectivity index (χ2v) is 6.79. The molecule has 1 heterocycles. The van der Waals surface area contributed by atoms with Crippen LogP contribution >= 0.6 is 0 Å². The van der Waals surface area contributed by atoms with Crippen molar-refractivity contribution < 1.29 is 4.21 Å². The van der Waals surface area contributed by atoms with Crippen LogP contribution in [0, 0.1) is 0 Å². The van der Waals surface area contributed by atoms with Crippen LogP contribution in [0.1, 0.15) is 31.9 Å². The van der Waals surface area contributed by atoms with Crippen LogP contribution in [0.5, 0.6) is 0 Å². The monoisotopic (exact) mass is 295 g/mol. The second kappa shape index (κ2) is 6.37. The van der Waals surface area contributed by atoms with Crippen LogP contribution in [0.4, 0.5) is 0 Å². The highest BCUT2D eigenvalue weighted by Gasteiger charge is 2.11. The van der Waals surface area contributed by atoms with Gasteiger partial charge in [0.1, 0.15) is 0 Å². The molecule has 0 aliphatic heterocycles. The number of aromatic nitrogens is 2. The van der Waals surface area contributed by atoms with Gasteiger partial charge in [-0.15, -0.1) is 0 Å². The molecule has 3 unspecified atom stereocenters. The van der Waals surface area contributed by atoms with Gasteiger partial charge >= 0.3 is 5.69 Å². The number of rotatable bonds is 6. The highest BCUT2D eigenvalue weighted by atomic mass is 32.2. The van der Waals surface area contributed by atoms with Gasteiger partial charge in [-0.05, 0) is 38.0 Å². The molecule has 0 radical (unpaired) electrons. The number of H-pyrrole nitrogens is 2. The summed E-state index contributed by atoms with van der Waals surface area (Å²) in [5.74, 6) is 0.713. The number of imidazole rings is 1. The zero-order chi connectivity index (χ0) is 14.7. The minimum Gasteiger partial charge on any atom is -0.308 e. The van der Waals surface area contributed by atoms with Gasteiger partial charge < -0.3 is 15.3 Å². The summed E-state index contributed by atoms with van der Waals surface area (Å²) in [5.41, 5.74) is 2.58. The number of fused-ring (bicyclic) bond motifs is 1. The van der Waals surface area contributed by atoms with Crippen molar-refractivity contribution in [3.63, 3.8) is 0 Å². The van der Waals surface area contributed by atoms with Gasteiger partial charge in [-0.3, -0.25) is 4.21 Å². The van der Waals surface area contributed by atoms with E-state index in [-0.39, 0.29) is 11.7 Å². The fraction of sp³-hybridized carbons (Fsp3) is 0.500. The van der Waals surface area contributed by atoms with Crippen LogP contribution in [0.2, 0.25) is 0 Å². The summed E-state index contributed by atoms with van der Waals surface area (Å²) in [6.07, 6.45) is 2.61. The summed E-state index contributed by atoms with van der Waals surface area (Å²) in [7, 11) is -0.745. The van der Waals surface area contributed by atoms with Crippen molar-refractivity contribution in [3.8, 4) is 0 Å². The Bertz CT molecular complexity index is 662. The molecule has 5 nitrogen and oxygen atoms in total. The maximum Gasteiger partial charge on any atom is 0.323 e. The van der Waals surface area contributed by atoms with Crippen LogP contribution in [0.25, 0.3) is 11.0 Å². The molecule has 0 saturated heterocycles. The molecule has 0 saturated carbocycles. The quantitative estimate of drug-likeness (QED) is 0.758. The molecule has 110 valence electrons. The molecule has 3 N–H and O–H groups in total. The normalized spacial score (nSPS) is 16.1. The van der Waals surface area contributed by atoms with Crippen molar-refractivity contribution in [2.45, 2.75) is 32.4 Å². The third-order valence-corrected chi connectivity index (χ3v) is 4.22. The third-order valence-electron chi connectivity index (χ3n) is 3.41. The van der Waals surface area contributed by atoms with E-state index < -0.39 is 10.8 Å². The molecule has 0 aliphatic carbocycles. The van der Waals surface area contributed by atoms with Gasteiger partial charge in [0.2, 0.25) is 0 Å². The number of aromatic amines is 2. The Labute approximate surface area is 120 Å². The lowest BCUT2D eigenvalue weighted by molar-refractivity contribution is 0.470. The van der Waals surface area contributed by atoms with E-state index >= 15 is 0 Å². The summed E-state index contributed by atoms with van der Waals surface area (Å²) in [6, 6.07) is 6.38. The molecule has 1 aromatic heterocycles. The molecule has 3 atom stereocenters. The first kappa shape index (κ1) is 15.0. The fourth-order valence-corrected chi connectivity index (χ4v) is 2.95. The Hall–Kier alpha value is -1.40. The topological polar surface area (TPSA) is 77.8 Å². The Morgan fingerprint density at radius 3 is 2.65 bits per heavy atom. The Morgan fingerprint density at radius 2 is 1.95 bits per heavy atom. The van der Waals surface area contributed by atoms with Crippen molar-refractivity contribution in [1.82, 2.24) is 15.3 Å². The van der Waals surface area contributed by atoms with Gasteiger partial charge in [-0.25, -0.2) is 4.79 Å². The Kier molecular flexibility index (Phi) is 4.77. The molecule has 2 rings (SSSR count). The Balaban J connectivity index is 2.04. The van der Waals surface area contributed by atoms with E-state index in [9.17, 15) is 9.00 Å². The van der Waals surface area contributed by atoms with Crippen molar-refractivity contribution in [2.24, 2.45) is 0 Å². The number of hydrogen-bond acceptors (Lipinski definition) is 3. The van der Waals surface area contributed by atoms with Gasteiger partial charge in [0.25, 0.3) is 0 Å². The molecule has 0 fully saturated rings. The van der Waals surface area contributed by atoms with Gasteiger partial charge in [0.15, 0.2) is 0 Å². The molecule has 0 aliphatic rings. The summed E-state index contributed by atoms with van der Waals surface area (Å²) in [5, 5.41) is 3.49. The average Bonchev–Trinajstić information content (AvgIpc) is 2.75. The van der Waals surface area contributed by atoms with Crippen LogP contribution < -0.4 is 11.0 Å². The van der Waals surface area contributed by atoms with E-state index in [1.807, 2.05) is 18.2 Å². The van der Waals surface area contributed by atoms with Crippen LogP contribution in [-0.4, -0.2) is 32.2 Å². The van der Waals surface area contributed by atoms with E-state index in [0.717, 1.165) is 23.0 Å². The van der Waals surface area contributed by atoms with Crippen LogP contribution in [-0.2, 0) is 10.8 Å². The maximum absolute atomic E-state index is 11.2. The molecular weight excluding hydrogens is 274 g/mol. The number of hydrogen-bond donors (Lipinski definition) is 3. The van der Waals surface area contributed by atoms with E-state index in [1.54, 1.807) is 6.26 Å². The first-order valence-corrected chi connectivity index (χ1v) is 8.46. The van der Waals surface area contributed by atoms with E-state index in [2.05, 4.69) is 29.1 Å². The van der Waals surface area contributed by atoms with Crippen molar-refractivity contribution in [2.75, 3.05) is 12.0 Å². The SMILES string of the molecule is CC(CCS(C)=O)NC(C)c1ccc2[nH]c(=O)[nH]c2c1. The maximum atomic E-state index is 11.2. The summed E-state index contributed by atoms with van der Waals surface area (Å²) in [6.45, 7) is 4.19. The van der Waals surface area contributed by atoms with E-state index in [0.29, 0.717) is 11.8 Å². The first-order chi connectivity index (χ1) is 9.45. The number of nitrogens with one attached hydrogen (secondary N) is 3. The second-order valence-electron chi connectivity index (χ2n) is 5.24. The zero-order valence-corrected chi connectivity index (χ0v) is 12.8. The highest BCUT2D eigenvalue weighted by molar-refractivity contribution is 7.84. The fourth-order valence-electron chi connectivity index (χ4n) is 2.27. The van der Waals surface area contributed by atoms with E-state index in [1.165, 1.54) is 0 Å². The lowest BCUT2D eigenvalue weighted by Crippen LogP contribution is -2.30. The lowest BCUT2D eigenvalue weighted by atomic mass is 10.1. The van der Waals surface area contributed by atoms with Crippen molar-refractivity contribution >= 4 is 21.8 Å². The predicted octanol–water partition coefficient (Wildman–Crippen LogP) is 1.66. The van der Waals surface area contributed by atoms with Crippen LogP contribution in [0.15, 0.2) is 23.0 Å². The van der Waals surface area contributed by atoms with Crippen molar-refractivity contribution in [1.29, 1.82) is 0 Å². The van der Waals surface area contributed by atoms with Gasteiger partial charge in [-0.2, -0.15) is 0 Å². The molecule has 2 aromatic rings. The Morgan fingerprint density at radius 1 is 1.25 bits per heavy atom. The van der Waals surface area contributed by atoms with Crippen molar-refractivity contribution in [3.05, 3.63) is 34.2 Å². The van der Waals surface area contributed by atoms with E-state index in [4.69, 9.17) is 0 Å². The molecule has 6 heteroatoms. The molecule has 0 spiro atoms. The molecule has 0 amide bonds. The molecule has 20 heavy (non-hydrogen) atoms. The van der Waals surface area contributed by atoms with Gasteiger partial charge in [0.05, 0.1) is 11.0 Å². The third kappa shape index (κ3) is 3.80. The summed E-state index contributed by atoms with van der Waals surface area (Å²) < 4.78 is 11.1. The standard InChI is InChI=1S/C14H21N3O2S/c1-9(6-7-20(3)19)15-10(2)11-4-5-12-13(8-11)17-14(18)16-12/h4-5,8-10,15H,6-7H2,1-3H3,(H2,16,17,18). The number of benzene rings is 1. The largest absolute Gasteiger partial charge is 0.323 e. The smallest absolute Gasteiger partial charge is 0.308 e. The van der Waals surface area contributed by atoms with Crippen LogP contribution in [0.3, 0.4) is 0 Å². The molecule has 0 bridgehead atoms. The zero-order valence-electron chi connectivity index (χ0n) is 12.0. The van der Waals surface area contributed by atoms with Gasteiger partial charge in [0, 0.05) is 34.9 Å². The first-order valence-electron chi connectivity index (χ1n) is 6.73. The minimum atomic E-state index is -0.745. The lowest BCUT2D eigenvalue weighted by Gasteiger charge is -2.20.